The number of sulfonamides is 1. The van der Waals surface area contributed by atoms with Gasteiger partial charge in [0.1, 0.15) is 11.8 Å². The summed E-state index contributed by atoms with van der Waals surface area (Å²) in [6.07, 6.45) is 3.48. The highest BCUT2D eigenvalue weighted by molar-refractivity contribution is 7.89. The Labute approximate surface area is 244 Å². The lowest BCUT2D eigenvalue weighted by Crippen LogP contribution is -2.43. The van der Waals surface area contributed by atoms with E-state index in [4.69, 9.17) is 4.74 Å². The lowest BCUT2D eigenvalue weighted by molar-refractivity contribution is -0.141. The summed E-state index contributed by atoms with van der Waals surface area (Å²) >= 11 is 0. The van der Waals surface area contributed by atoms with Gasteiger partial charge in [-0.25, -0.2) is 13.1 Å². The summed E-state index contributed by atoms with van der Waals surface area (Å²) in [5, 5.41) is 3.04. The van der Waals surface area contributed by atoms with E-state index in [1.165, 1.54) is 0 Å². The van der Waals surface area contributed by atoms with Crippen molar-refractivity contribution in [2.75, 3.05) is 20.2 Å². The Balaban J connectivity index is 1.87. The van der Waals surface area contributed by atoms with Gasteiger partial charge in [0.05, 0.1) is 12.0 Å². The van der Waals surface area contributed by atoms with Gasteiger partial charge in [0, 0.05) is 26.1 Å². The highest BCUT2D eigenvalue weighted by atomic mass is 32.2. The molecule has 0 spiro atoms. The Kier molecular flexibility index (Phi) is 12.4. The zero-order chi connectivity index (χ0) is 29.7. The second-order valence-corrected chi connectivity index (χ2v) is 11.6. The first-order valence-electron chi connectivity index (χ1n) is 14.1. The monoisotopic (exact) mass is 579 g/mol. The molecule has 0 aliphatic heterocycles. The number of rotatable bonds is 16. The molecule has 8 nitrogen and oxygen atoms in total. The van der Waals surface area contributed by atoms with Crippen LogP contribution < -0.4 is 14.8 Å². The van der Waals surface area contributed by atoms with E-state index >= 15 is 0 Å². The predicted molar refractivity (Wildman–Crippen MR) is 161 cm³/mol. The van der Waals surface area contributed by atoms with Crippen molar-refractivity contribution in [3.05, 3.63) is 95.6 Å². The lowest BCUT2D eigenvalue weighted by Gasteiger charge is -2.32. The number of carbonyl (C=O) groups excluding carboxylic acids is 2. The number of methoxy groups -OCH3 is 1. The Hall–Kier alpha value is -3.69. The summed E-state index contributed by atoms with van der Waals surface area (Å²) < 4.78 is 32.3. The van der Waals surface area contributed by atoms with E-state index in [2.05, 4.69) is 17.0 Å². The highest BCUT2D eigenvalue weighted by Gasteiger charge is 2.31. The van der Waals surface area contributed by atoms with E-state index in [0.717, 1.165) is 36.0 Å². The molecule has 0 bridgehead atoms. The third-order valence-corrected chi connectivity index (χ3v) is 8.34. The zero-order valence-electron chi connectivity index (χ0n) is 24.1. The average Bonchev–Trinajstić information content (AvgIpc) is 2.99. The summed E-state index contributed by atoms with van der Waals surface area (Å²) in [5.41, 5.74) is 2.44. The van der Waals surface area contributed by atoms with E-state index in [-0.39, 0.29) is 29.7 Å². The van der Waals surface area contributed by atoms with Crippen LogP contribution in [0, 0.1) is 0 Å². The molecule has 0 unspecified atom stereocenters. The highest BCUT2D eigenvalue weighted by Crippen LogP contribution is 2.26. The molecule has 41 heavy (non-hydrogen) atoms. The van der Waals surface area contributed by atoms with Crippen molar-refractivity contribution in [1.29, 1.82) is 0 Å². The van der Waals surface area contributed by atoms with E-state index in [1.807, 2.05) is 54.6 Å². The Morgan fingerprint density at radius 1 is 0.878 bits per heavy atom. The van der Waals surface area contributed by atoms with Crippen molar-refractivity contribution in [3.63, 3.8) is 0 Å². The van der Waals surface area contributed by atoms with Gasteiger partial charge in [-0.15, -0.1) is 0 Å². The molecule has 9 heteroatoms. The first-order chi connectivity index (χ1) is 19.8. The first kappa shape index (κ1) is 31.8. The summed E-state index contributed by atoms with van der Waals surface area (Å²) in [5.74, 6) is 0.314. The SMILES string of the molecule is CCCCCNC(=O)[C@@H](c1ccccc1)N(Cc1ccc(OC)cc1)C(=O)CCc1ccc(S(=O)(=O)NCC)cc1. The average molecular weight is 580 g/mol. The molecule has 0 saturated heterocycles. The molecule has 0 aromatic heterocycles. The molecule has 3 aromatic carbocycles. The van der Waals surface area contributed by atoms with Gasteiger partial charge in [0.15, 0.2) is 0 Å². The van der Waals surface area contributed by atoms with E-state index in [9.17, 15) is 18.0 Å². The maximum Gasteiger partial charge on any atom is 0.247 e. The molecular formula is C32H41N3O5S. The molecule has 0 aliphatic rings. The van der Waals surface area contributed by atoms with Crippen LogP contribution in [0.2, 0.25) is 0 Å². The summed E-state index contributed by atoms with van der Waals surface area (Å²) in [7, 11) is -1.95. The van der Waals surface area contributed by atoms with E-state index in [1.54, 1.807) is 43.2 Å². The quantitative estimate of drug-likeness (QED) is 0.232. The van der Waals surface area contributed by atoms with Crippen LogP contribution in [0.3, 0.4) is 0 Å². The van der Waals surface area contributed by atoms with Crippen molar-refractivity contribution < 1.29 is 22.7 Å². The van der Waals surface area contributed by atoms with Crippen LogP contribution in [0.4, 0.5) is 0 Å². The van der Waals surface area contributed by atoms with Crippen molar-refractivity contribution in [3.8, 4) is 5.75 Å². The number of unbranched alkanes of at least 4 members (excludes halogenated alkanes) is 2. The van der Waals surface area contributed by atoms with Crippen LogP contribution in [0.15, 0.2) is 83.8 Å². The minimum atomic E-state index is -3.55. The largest absolute Gasteiger partial charge is 0.497 e. The van der Waals surface area contributed by atoms with Crippen molar-refractivity contribution in [1.82, 2.24) is 14.9 Å². The van der Waals surface area contributed by atoms with Crippen LogP contribution in [0.5, 0.6) is 5.75 Å². The van der Waals surface area contributed by atoms with Gasteiger partial charge in [0.25, 0.3) is 0 Å². The smallest absolute Gasteiger partial charge is 0.247 e. The van der Waals surface area contributed by atoms with Crippen LogP contribution in [-0.2, 0) is 32.6 Å². The van der Waals surface area contributed by atoms with Gasteiger partial charge < -0.3 is 15.0 Å². The topological polar surface area (TPSA) is 105 Å². The van der Waals surface area contributed by atoms with Gasteiger partial charge >= 0.3 is 0 Å². The summed E-state index contributed by atoms with van der Waals surface area (Å²) in [4.78, 5) is 29.3. The number of carbonyl (C=O) groups is 2. The van der Waals surface area contributed by atoms with Crippen LogP contribution >= 0.6 is 0 Å². The fraction of sp³-hybridized carbons (Fsp3) is 0.375. The molecule has 0 radical (unpaired) electrons. The summed E-state index contributed by atoms with van der Waals surface area (Å²) in [6, 6.07) is 22.5. The molecule has 0 aliphatic carbocycles. The Morgan fingerprint density at radius 2 is 1.54 bits per heavy atom. The number of nitrogens with one attached hydrogen (secondary N) is 2. The molecule has 0 fully saturated rings. The number of benzene rings is 3. The minimum absolute atomic E-state index is 0.155. The van der Waals surface area contributed by atoms with Gasteiger partial charge in [-0.1, -0.05) is 81.3 Å². The maximum atomic E-state index is 13.9. The first-order valence-corrected chi connectivity index (χ1v) is 15.6. The number of nitrogens with zero attached hydrogens (tertiary/aromatic N) is 1. The van der Waals surface area contributed by atoms with Gasteiger partial charge in [0.2, 0.25) is 21.8 Å². The third-order valence-electron chi connectivity index (χ3n) is 6.78. The molecule has 0 heterocycles. The van der Waals surface area contributed by atoms with Crippen molar-refractivity contribution in [2.45, 2.75) is 63.4 Å². The number of aryl methyl sites for hydroxylation is 1. The standard InChI is InChI=1S/C32H41N3O5S/c1-4-6-10-23-33-32(37)31(27-11-8-7-9-12-27)35(24-26-13-18-28(40-3)19-14-26)30(36)22-17-25-15-20-29(21-16-25)41(38,39)34-5-2/h7-9,11-16,18-21,31,34H,4-6,10,17,22-24H2,1-3H3,(H,33,37)/t31-/m1/s1. The van der Waals surface area contributed by atoms with Gasteiger partial charge in [-0.3, -0.25) is 9.59 Å². The van der Waals surface area contributed by atoms with Crippen molar-refractivity contribution in [2.24, 2.45) is 0 Å². The molecule has 2 amide bonds. The number of hydrogen-bond acceptors (Lipinski definition) is 5. The molecule has 220 valence electrons. The van der Waals surface area contributed by atoms with Crippen LogP contribution in [0.25, 0.3) is 0 Å². The fourth-order valence-electron chi connectivity index (χ4n) is 4.55. The van der Waals surface area contributed by atoms with Crippen molar-refractivity contribution >= 4 is 21.8 Å². The number of hydrogen-bond donors (Lipinski definition) is 2. The molecule has 3 aromatic rings. The minimum Gasteiger partial charge on any atom is -0.497 e. The number of amides is 2. The van der Waals surface area contributed by atoms with Crippen LogP contribution in [0.1, 0.15) is 62.3 Å². The molecule has 3 rings (SSSR count). The van der Waals surface area contributed by atoms with Gasteiger partial charge in [-0.05, 0) is 53.8 Å². The Morgan fingerprint density at radius 3 is 2.15 bits per heavy atom. The molecule has 1 atom stereocenters. The molecule has 2 N–H and O–H groups in total. The maximum absolute atomic E-state index is 13.9. The van der Waals surface area contributed by atoms with E-state index < -0.39 is 16.1 Å². The van der Waals surface area contributed by atoms with Crippen LogP contribution in [-0.4, -0.2) is 45.3 Å². The lowest BCUT2D eigenvalue weighted by atomic mass is 10.0. The normalized spacial score (nSPS) is 12.0. The third kappa shape index (κ3) is 9.43. The van der Waals surface area contributed by atoms with Gasteiger partial charge in [-0.2, -0.15) is 0 Å². The molecular weight excluding hydrogens is 538 g/mol. The second kappa shape index (κ2) is 15.9. The predicted octanol–water partition coefficient (Wildman–Crippen LogP) is 5.00. The zero-order valence-corrected chi connectivity index (χ0v) is 25.0. The fourth-order valence-corrected chi connectivity index (χ4v) is 5.59. The summed E-state index contributed by atoms with van der Waals surface area (Å²) in [6.45, 7) is 4.92. The van der Waals surface area contributed by atoms with E-state index in [0.29, 0.717) is 25.3 Å². The molecule has 0 saturated carbocycles. The second-order valence-electron chi connectivity index (χ2n) is 9.83. The Bertz CT molecular complexity index is 1340. The number of ether oxygens (including phenoxy) is 1.